The normalized spacial score (nSPS) is 14.2. The summed E-state index contributed by atoms with van der Waals surface area (Å²) in [6, 6.07) is 14.2. The quantitative estimate of drug-likeness (QED) is 0.371. The number of esters is 1. The molecule has 0 unspecified atom stereocenters. The molecule has 0 atom stereocenters. The monoisotopic (exact) mass is 456 g/mol. The van der Waals surface area contributed by atoms with Crippen LogP contribution in [-0.4, -0.2) is 45.5 Å². The van der Waals surface area contributed by atoms with Crippen LogP contribution in [0.25, 0.3) is 10.7 Å². The first-order valence-corrected chi connectivity index (χ1v) is 12.1. The molecule has 1 aliphatic carbocycles. The highest BCUT2D eigenvalue weighted by Gasteiger charge is 2.44. The average molecular weight is 457 g/mol. The SMILES string of the molecule is CCn1c(SCC(=O)OCC(=O)NCC2(c3ccccc3)CC2)nnc1-c1cccs1. The van der Waals surface area contributed by atoms with Crippen molar-refractivity contribution in [2.45, 2.75) is 36.9 Å². The summed E-state index contributed by atoms with van der Waals surface area (Å²) in [5.41, 5.74) is 1.27. The molecule has 1 aliphatic rings. The van der Waals surface area contributed by atoms with Gasteiger partial charge in [0.25, 0.3) is 5.91 Å². The maximum absolute atomic E-state index is 12.1. The van der Waals surface area contributed by atoms with E-state index < -0.39 is 5.97 Å². The van der Waals surface area contributed by atoms with Crippen molar-refractivity contribution in [2.75, 3.05) is 18.9 Å². The molecule has 9 heteroatoms. The second-order valence-electron chi connectivity index (χ2n) is 7.40. The molecule has 0 radical (unpaired) electrons. The predicted octanol–water partition coefficient (Wildman–Crippen LogP) is 3.51. The lowest BCUT2D eigenvalue weighted by Gasteiger charge is -2.16. The molecule has 3 aromatic rings. The molecule has 1 N–H and O–H groups in total. The van der Waals surface area contributed by atoms with Crippen LogP contribution in [0.15, 0.2) is 53.0 Å². The summed E-state index contributed by atoms with van der Waals surface area (Å²) in [7, 11) is 0. The van der Waals surface area contributed by atoms with Crippen molar-refractivity contribution in [3.05, 3.63) is 53.4 Å². The maximum Gasteiger partial charge on any atom is 0.316 e. The number of nitrogens with one attached hydrogen (secondary N) is 1. The molecule has 1 amide bonds. The van der Waals surface area contributed by atoms with Crippen LogP contribution in [0.3, 0.4) is 0 Å². The van der Waals surface area contributed by atoms with Crippen molar-refractivity contribution < 1.29 is 14.3 Å². The van der Waals surface area contributed by atoms with E-state index in [0.717, 1.165) is 23.5 Å². The number of benzene rings is 1. The van der Waals surface area contributed by atoms with E-state index in [1.165, 1.54) is 17.3 Å². The summed E-state index contributed by atoms with van der Waals surface area (Å²) < 4.78 is 7.11. The number of hydrogen-bond acceptors (Lipinski definition) is 7. The van der Waals surface area contributed by atoms with Crippen molar-refractivity contribution in [1.82, 2.24) is 20.1 Å². The minimum atomic E-state index is -0.451. The number of carbonyl (C=O) groups excluding carboxylic acids is 2. The fraction of sp³-hybridized carbons (Fsp3) is 0.364. The first kappa shape index (κ1) is 21.6. The molecule has 1 saturated carbocycles. The van der Waals surface area contributed by atoms with E-state index >= 15 is 0 Å². The highest BCUT2D eigenvalue weighted by atomic mass is 32.2. The Hall–Kier alpha value is -2.65. The van der Waals surface area contributed by atoms with Crippen LogP contribution in [0.4, 0.5) is 0 Å². The average Bonchev–Trinajstić information content (AvgIpc) is 3.20. The van der Waals surface area contributed by atoms with E-state index in [0.29, 0.717) is 18.2 Å². The molecule has 7 nitrogen and oxygen atoms in total. The number of rotatable bonds is 10. The smallest absolute Gasteiger partial charge is 0.316 e. The van der Waals surface area contributed by atoms with Crippen LogP contribution in [0.2, 0.25) is 0 Å². The zero-order chi connectivity index (χ0) is 21.7. The van der Waals surface area contributed by atoms with Gasteiger partial charge in [0.2, 0.25) is 0 Å². The summed E-state index contributed by atoms with van der Waals surface area (Å²) in [5, 5.41) is 14.0. The Bertz CT molecular complexity index is 1030. The van der Waals surface area contributed by atoms with Crippen LogP contribution in [-0.2, 0) is 26.3 Å². The van der Waals surface area contributed by atoms with Crippen LogP contribution < -0.4 is 5.32 Å². The molecule has 2 heterocycles. The molecule has 31 heavy (non-hydrogen) atoms. The van der Waals surface area contributed by atoms with Crippen LogP contribution in [0.5, 0.6) is 0 Å². The highest BCUT2D eigenvalue weighted by Crippen LogP contribution is 2.47. The van der Waals surface area contributed by atoms with Crippen molar-refractivity contribution in [1.29, 1.82) is 0 Å². The highest BCUT2D eigenvalue weighted by molar-refractivity contribution is 7.99. The number of carbonyl (C=O) groups is 2. The topological polar surface area (TPSA) is 86.1 Å². The third-order valence-corrected chi connectivity index (χ3v) is 7.13. The molecule has 162 valence electrons. The molecule has 1 fully saturated rings. The van der Waals surface area contributed by atoms with E-state index in [4.69, 9.17) is 4.74 Å². The van der Waals surface area contributed by atoms with Gasteiger partial charge < -0.3 is 14.6 Å². The number of aromatic nitrogens is 3. The van der Waals surface area contributed by atoms with Crippen molar-refractivity contribution in [3.63, 3.8) is 0 Å². The Labute approximate surface area is 189 Å². The minimum absolute atomic E-state index is 0.0290. The fourth-order valence-electron chi connectivity index (χ4n) is 3.41. The van der Waals surface area contributed by atoms with Gasteiger partial charge in [-0.2, -0.15) is 0 Å². The summed E-state index contributed by atoms with van der Waals surface area (Å²) >= 11 is 2.86. The van der Waals surface area contributed by atoms with Gasteiger partial charge in [0.15, 0.2) is 17.6 Å². The largest absolute Gasteiger partial charge is 0.455 e. The molecule has 0 aliphatic heterocycles. The maximum atomic E-state index is 12.1. The lowest BCUT2D eigenvalue weighted by molar-refractivity contribution is -0.145. The van der Waals surface area contributed by atoms with Gasteiger partial charge in [-0.3, -0.25) is 9.59 Å². The van der Waals surface area contributed by atoms with Gasteiger partial charge in [-0.15, -0.1) is 21.5 Å². The zero-order valence-corrected chi connectivity index (χ0v) is 18.9. The van der Waals surface area contributed by atoms with Crippen molar-refractivity contribution in [3.8, 4) is 10.7 Å². The summed E-state index contributed by atoms with van der Waals surface area (Å²) in [4.78, 5) is 25.3. The number of nitrogens with zero attached hydrogens (tertiary/aromatic N) is 3. The Morgan fingerprint density at radius 3 is 2.68 bits per heavy atom. The lowest BCUT2D eigenvalue weighted by atomic mass is 9.96. The molecule has 0 saturated heterocycles. The standard InChI is InChI=1S/C22H24N4O3S2/c1-2-26-20(17-9-6-12-30-17)24-25-21(26)31-14-19(28)29-13-18(27)23-15-22(10-11-22)16-7-4-3-5-8-16/h3-9,12H,2,10-11,13-15H2,1H3,(H,23,27). The summed E-state index contributed by atoms with van der Waals surface area (Å²) in [6.45, 7) is 3.00. The predicted molar refractivity (Wildman–Crippen MR) is 121 cm³/mol. The second-order valence-corrected chi connectivity index (χ2v) is 9.29. The van der Waals surface area contributed by atoms with E-state index in [2.05, 4.69) is 27.6 Å². The summed E-state index contributed by atoms with van der Waals surface area (Å²) in [6.07, 6.45) is 2.11. The van der Waals surface area contributed by atoms with Gasteiger partial charge in [0, 0.05) is 18.5 Å². The summed E-state index contributed by atoms with van der Waals surface area (Å²) in [5.74, 6) is 0.133. The van der Waals surface area contributed by atoms with Gasteiger partial charge in [0.1, 0.15) is 0 Å². The Morgan fingerprint density at radius 2 is 2.00 bits per heavy atom. The minimum Gasteiger partial charge on any atom is -0.455 e. The molecular formula is C22H24N4O3S2. The van der Waals surface area contributed by atoms with Crippen LogP contribution in [0.1, 0.15) is 25.3 Å². The van der Waals surface area contributed by atoms with Crippen LogP contribution >= 0.6 is 23.1 Å². The first-order chi connectivity index (χ1) is 15.1. The molecule has 0 bridgehead atoms. The van der Waals surface area contributed by atoms with Gasteiger partial charge in [-0.1, -0.05) is 48.2 Å². The fourth-order valence-corrected chi connectivity index (χ4v) is 4.93. The van der Waals surface area contributed by atoms with E-state index in [-0.39, 0.29) is 23.7 Å². The number of ether oxygens (including phenoxy) is 1. The third-order valence-electron chi connectivity index (χ3n) is 5.32. The van der Waals surface area contributed by atoms with E-state index in [9.17, 15) is 9.59 Å². The molecule has 0 spiro atoms. The van der Waals surface area contributed by atoms with Gasteiger partial charge in [-0.05, 0) is 36.8 Å². The van der Waals surface area contributed by atoms with Crippen LogP contribution in [0, 0.1) is 0 Å². The van der Waals surface area contributed by atoms with Crippen molar-refractivity contribution >= 4 is 35.0 Å². The van der Waals surface area contributed by atoms with Gasteiger partial charge in [0.05, 0.1) is 10.6 Å². The Balaban J connectivity index is 1.22. The number of amides is 1. The third kappa shape index (κ3) is 5.16. The van der Waals surface area contributed by atoms with Gasteiger partial charge >= 0.3 is 5.97 Å². The molecule has 2 aromatic heterocycles. The first-order valence-electron chi connectivity index (χ1n) is 10.2. The van der Waals surface area contributed by atoms with E-state index in [1.807, 2.05) is 47.2 Å². The van der Waals surface area contributed by atoms with Gasteiger partial charge in [-0.25, -0.2) is 0 Å². The van der Waals surface area contributed by atoms with Crippen molar-refractivity contribution in [2.24, 2.45) is 0 Å². The molecule has 1 aromatic carbocycles. The lowest BCUT2D eigenvalue weighted by Crippen LogP contribution is -2.35. The number of thioether (sulfide) groups is 1. The number of thiophene rings is 1. The Morgan fingerprint density at radius 1 is 1.19 bits per heavy atom. The Kier molecular flexibility index (Phi) is 6.72. The van der Waals surface area contributed by atoms with E-state index in [1.54, 1.807) is 11.3 Å². The number of hydrogen-bond donors (Lipinski definition) is 1. The molecule has 4 rings (SSSR count). The molecular weight excluding hydrogens is 432 g/mol. The second kappa shape index (κ2) is 9.65. The zero-order valence-electron chi connectivity index (χ0n) is 17.2.